The van der Waals surface area contributed by atoms with Crippen LogP contribution in [0.15, 0.2) is 42.7 Å². The Morgan fingerprint density at radius 2 is 2.04 bits per heavy atom. The second kappa shape index (κ2) is 6.69. The number of benzene rings is 1. The van der Waals surface area contributed by atoms with Gasteiger partial charge in [0.25, 0.3) is 0 Å². The minimum absolute atomic E-state index is 0.435. The van der Waals surface area contributed by atoms with Crippen molar-refractivity contribution in [2.45, 2.75) is 20.1 Å². The van der Waals surface area contributed by atoms with E-state index in [9.17, 15) is 13.2 Å². The third kappa shape index (κ3) is 3.70. The second-order valence-corrected chi connectivity index (χ2v) is 5.02. The van der Waals surface area contributed by atoms with Crippen molar-refractivity contribution >= 4 is 0 Å². The van der Waals surface area contributed by atoms with Gasteiger partial charge < -0.3 is 4.74 Å². The average molecular weight is 334 g/mol. The van der Waals surface area contributed by atoms with Crippen molar-refractivity contribution in [1.29, 1.82) is 0 Å². The predicted octanol–water partition coefficient (Wildman–Crippen LogP) is 3.44. The van der Waals surface area contributed by atoms with E-state index in [4.69, 9.17) is 0 Å². The fourth-order valence-corrected chi connectivity index (χ4v) is 2.27. The van der Waals surface area contributed by atoms with Crippen LogP contribution in [0.2, 0.25) is 0 Å². The smallest absolute Gasteiger partial charge is 0.387 e. The zero-order valence-electron chi connectivity index (χ0n) is 12.7. The fourth-order valence-electron chi connectivity index (χ4n) is 2.27. The number of alkyl halides is 2. The molecule has 0 saturated heterocycles. The van der Waals surface area contributed by atoms with Crippen molar-refractivity contribution in [3.63, 3.8) is 0 Å². The Bertz CT molecular complexity index is 837. The lowest BCUT2D eigenvalue weighted by Crippen LogP contribution is -2.06. The van der Waals surface area contributed by atoms with Crippen LogP contribution in [0.5, 0.6) is 5.75 Å². The van der Waals surface area contributed by atoms with Gasteiger partial charge in [-0.1, -0.05) is 0 Å². The molecule has 0 spiro atoms. The molecule has 1 aromatic carbocycles. The Labute approximate surface area is 135 Å². The molecule has 0 bridgehead atoms. The first-order valence-corrected chi connectivity index (χ1v) is 7.08. The van der Waals surface area contributed by atoms with Gasteiger partial charge in [0.1, 0.15) is 5.82 Å². The molecule has 0 saturated carbocycles. The lowest BCUT2D eigenvalue weighted by Gasteiger charge is -2.10. The molecular weight excluding hydrogens is 321 g/mol. The van der Waals surface area contributed by atoms with Gasteiger partial charge in [0.15, 0.2) is 11.6 Å². The van der Waals surface area contributed by atoms with Gasteiger partial charge in [-0.2, -0.15) is 13.9 Å². The summed E-state index contributed by atoms with van der Waals surface area (Å²) in [6.07, 6.45) is 3.45. The molecule has 5 nitrogen and oxygen atoms in total. The molecule has 0 aliphatic heterocycles. The molecule has 3 rings (SSSR count). The van der Waals surface area contributed by atoms with Gasteiger partial charge in [-0.05, 0) is 37.3 Å². The van der Waals surface area contributed by atoms with Crippen LogP contribution in [-0.2, 0) is 6.54 Å². The summed E-state index contributed by atoms with van der Waals surface area (Å²) in [4.78, 5) is 8.60. The molecule has 24 heavy (non-hydrogen) atoms. The SMILES string of the molecule is Cc1nc(Cn2cccn2)cc(-c2ccc(F)c(OC(F)F)c2)n1. The highest BCUT2D eigenvalue weighted by molar-refractivity contribution is 5.61. The Kier molecular flexibility index (Phi) is 4.45. The van der Waals surface area contributed by atoms with E-state index in [0.29, 0.717) is 29.3 Å². The quantitative estimate of drug-likeness (QED) is 0.717. The van der Waals surface area contributed by atoms with Crippen LogP contribution >= 0.6 is 0 Å². The van der Waals surface area contributed by atoms with E-state index in [1.54, 1.807) is 36.1 Å². The van der Waals surface area contributed by atoms with Crippen LogP contribution < -0.4 is 4.74 Å². The van der Waals surface area contributed by atoms with Crippen molar-refractivity contribution in [1.82, 2.24) is 19.7 Å². The van der Waals surface area contributed by atoms with Crippen molar-refractivity contribution < 1.29 is 17.9 Å². The minimum atomic E-state index is -3.10. The van der Waals surface area contributed by atoms with Gasteiger partial charge in [-0.3, -0.25) is 4.68 Å². The number of ether oxygens (including phenoxy) is 1. The number of aromatic nitrogens is 4. The topological polar surface area (TPSA) is 52.8 Å². The van der Waals surface area contributed by atoms with Gasteiger partial charge in [-0.25, -0.2) is 14.4 Å². The number of halogens is 3. The number of rotatable bonds is 5. The first kappa shape index (κ1) is 16.0. The van der Waals surface area contributed by atoms with E-state index >= 15 is 0 Å². The molecule has 0 fully saturated rings. The summed E-state index contributed by atoms with van der Waals surface area (Å²) in [5, 5.41) is 4.11. The van der Waals surface area contributed by atoms with Gasteiger partial charge in [-0.15, -0.1) is 0 Å². The third-order valence-corrected chi connectivity index (χ3v) is 3.22. The summed E-state index contributed by atoms with van der Waals surface area (Å²) in [5.41, 5.74) is 1.64. The summed E-state index contributed by atoms with van der Waals surface area (Å²) >= 11 is 0. The Morgan fingerprint density at radius 1 is 1.21 bits per heavy atom. The summed E-state index contributed by atoms with van der Waals surface area (Å²) in [7, 11) is 0. The van der Waals surface area contributed by atoms with Crippen LogP contribution in [0.25, 0.3) is 11.3 Å². The number of hydrogen-bond donors (Lipinski definition) is 0. The van der Waals surface area contributed by atoms with Crippen molar-refractivity contribution in [2.75, 3.05) is 0 Å². The molecular formula is C16H13F3N4O. The fraction of sp³-hybridized carbons (Fsp3) is 0.188. The molecule has 0 atom stereocenters. The maximum atomic E-state index is 13.6. The van der Waals surface area contributed by atoms with Crippen molar-refractivity contribution in [2.24, 2.45) is 0 Å². The normalized spacial score (nSPS) is 11.0. The number of nitrogens with zero attached hydrogens (tertiary/aromatic N) is 4. The molecule has 0 radical (unpaired) electrons. The van der Waals surface area contributed by atoms with Gasteiger partial charge >= 0.3 is 6.61 Å². The molecule has 0 aliphatic rings. The number of hydrogen-bond acceptors (Lipinski definition) is 4. The molecule has 2 aromatic heterocycles. The molecule has 124 valence electrons. The molecule has 0 unspecified atom stereocenters. The van der Waals surface area contributed by atoms with E-state index < -0.39 is 18.2 Å². The van der Waals surface area contributed by atoms with Crippen LogP contribution in [0.1, 0.15) is 11.5 Å². The third-order valence-electron chi connectivity index (χ3n) is 3.22. The standard InChI is InChI=1S/C16H13F3N4O/c1-10-21-12(9-23-6-2-5-20-23)8-14(22-10)11-3-4-13(17)15(7-11)24-16(18)19/h2-8,16H,9H2,1H3. The Balaban J connectivity index is 1.95. The second-order valence-electron chi connectivity index (χ2n) is 5.02. The van der Waals surface area contributed by atoms with Crippen LogP contribution in [0.3, 0.4) is 0 Å². The van der Waals surface area contributed by atoms with E-state index in [1.165, 1.54) is 12.1 Å². The Morgan fingerprint density at radius 3 is 2.75 bits per heavy atom. The van der Waals surface area contributed by atoms with Gasteiger partial charge in [0, 0.05) is 18.0 Å². The van der Waals surface area contributed by atoms with Gasteiger partial charge in [0.2, 0.25) is 0 Å². The summed E-state index contributed by atoms with van der Waals surface area (Å²) < 4.78 is 44.1. The van der Waals surface area contributed by atoms with Crippen LogP contribution in [-0.4, -0.2) is 26.4 Å². The average Bonchev–Trinajstić information content (AvgIpc) is 3.01. The van der Waals surface area contributed by atoms with E-state index in [1.807, 2.05) is 0 Å². The zero-order valence-corrected chi connectivity index (χ0v) is 12.7. The van der Waals surface area contributed by atoms with Crippen LogP contribution in [0.4, 0.5) is 13.2 Å². The molecule has 2 heterocycles. The van der Waals surface area contributed by atoms with Crippen molar-refractivity contribution in [3.05, 3.63) is 60.1 Å². The largest absolute Gasteiger partial charge is 0.432 e. The number of aryl methyl sites for hydroxylation is 1. The predicted molar refractivity (Wildman–Crippen MR) is 80.1 cm³/mol. The maximum absolute atomic E-state index is 13.6. The molecule has 0 N–H and O–H groups in total. The first-order chi connectivity index (χ1) is 11.5. The zero-order chi connectivity index (χ0) is 17.1. The lowest BCUT2D eigenvalue weighted by molar-refractivity contribution is -0.0521. The highest BCUT2D eigenvalue weighted by Gasteiger charge is 2.13. The van der Waals surface area contributed by atoms with Crippen molar-refractivity contribution in [3.8, 4) is 17.0 Å². The molecule has 8 heteroatoms. The molecule has 0 amide bonds. The van der Waals surface area contributed by atoms with E-state index in [-0.39, 0.29) is 0 Å². The first-order valence-electron chi connectivity index (χ1n) is 7.08. The van der Waals surface area contributed by atoms with Gasteiger partial charge in [0.05, 0.1) is 17.9 Å². The summed E-state index contributed by atoms with van der Waals surface area (Å²) in [6.45, 7) is -0.946. The van der Waals surface area contributed by atoms with Crippen LogP contribution in [0, 0.1) is 12.7 Å². The van der Waals surface area contributed by atoms with E-state index in [2.05, 4.69) is 19.8 Å². The highest BCUT2D eigenvalue weighted by atomic mass is 19.3. The molecule has 0 aliphatic carbocycles. The monoisotopic (exact) mass is 334 g/mol. The highest BCUT2D eigenvalue weighted by Crippen LogP contribution is 2.27. The maximum Gasteiger partial charge on any atom is 0.387 e. The molecule has 3 aromatic rings. The van der Waals surface area contributed by atoms with E-state index in [0.717, 1.165) is 6.07 Å². The Hall–Kier alpha value is -2.90. The lowest BCUT2D eigenvalue weighted by atomic mass is 10.1. The summed E-state index contributed by atoms with van der Waals surface area (Å²) in [6, 6.07) is 7.21. The minimum Gasteiger partial charge on any atom is -0.432 e. The summed E-state index contributed by atoms with van der Waals surface area (Å²) in [5.74, 6) is -0.871.